The largest absolute Gasteiger partial charge is 0.358 e. The summed E-state index contributed by atoms with van der Waals surface area (Å²) in [5.74, 6) is 0.0230. The third-order valence-corrected chi connectivity index (χ3v) is 5.56. The van der Waals surface area contributed by atoms with Crippen molar-refractivity contribution in [2.45, 2.75) is 51.5 Å². The van der Waals surface area contributed by atoms with Crippen LogP contribution in [0.2, 0.25) is 0 Å². The number of aromatic nitrogens is 1. The summed E-state index contributed by atoms with van der Waals surface area (Å²) in [6.07, 6.45) is 5.68. The van der Waals surface area contributed by atoms with Gasteiger partial charge in [-0.05, 0) is 60.9 Å². The first-order chi connectivity index (χ1) is 12.8. The van der Waals surface area contributed by atoms with Gasteiger partial charge in [0.25, 0.3) is 0 Å². The van der Waals surface area contributed by atoms with E-state index in [-0.39, 0.29) is 11.8 Å². The number of amides is 1. The fraction of sp³-hybridized carbons (Fsp3) is 0.348. The van der Waals surface area contributed by atoms with Crippen LogP contribution in [0.25, 0.3) is 10.9 Å². The highest BCUT2D eigenvalue weighted by Gasteiger charge is 2.19. The SMILES string of the molecule is CCC(C(=O)NCc1ccc2[nH]c3c(c2c1)CCCC3)c1ccccc1. The zero-order chi connectivity index (χ0) is 17.9. The normalized spacial score (nSPS) is 14.8. The van der Waals surface area contributed by atoms with Crippen LogP contribution in [-0.4, -0.2) is 10.9 Å². The summed E-state index contributed by atoms with van der Waals surface area (Å²) < 4.78 is 0. The van der Waals surface area contributed by atoms with Crippen LogP contribution in [-0.2, 0) is 24.2 Å². The van der Waals surface area contributed by atoms with E-state index in [0.717, 1.165) is 24.8 Å². The molecular weight excluding hydrogens is 320 g/mol. The summed E-state index contributed by atoms with van der Waals surface area (Å²) in [5.41, 5.74) is 6.36. The summed E-state index contributed by atoms with van der Waals surface area (Å²) >= 11 is 0. The van der Waals surface area contributed by atoms with Crippen molar-refractivity contribution in [3.8, 4) is 0 Å². The van der Waals surface area contributed by atoms with Gasteiger partial charge in [-0.15, -0.1) is 0 Å². The van der Waals surface area contributed by atoms with Crippen molar-refractivity contribution in [3.05, 3.63) is 70.9 Å². The summed E-state index contributed by atoms with van der Waals surface area (Å²) in [5, 5.41) is 4.47. The first kappa shape index (κ1) is 16.9. The van der Waals surface area contributed by atoms with Crippen molar-refractivity contribution in [2.75, 3.05) is 0 Å². The number of benzene rings is 2. The molecule has 1 aliphatic carbocycles. The predicted molar refractivity (Wildman–Crippen MR) is 106 cm³/mol. The second kappa shape index (κ2) is 7.36. The average molecular weight is 346 g/mol. The van der Waals surface area contributed by atoms with Crippen LogP contribution in [0.3, 0.4) is 0 Å². The van der Waals surface area contributed by atoms with Crippen molar-refractivity contribution in [2.24, 2.45) is 0 Å². The molecule has 1 aromatic heterocycles. The molecule has 3 heteroatoms. The first-order valence-corrected chi connectivity index (χ1v) is 9.71. The van der Waals surface area contributed by atoms with E-state index in [9.17, 15) is 4.79 Å². The molecule has 0 aliphatic heterocycles. The molecule has 0 bridgehead atoms. The molecule has 0 saturated heterocycles. The van der Waals surface area contributed by atoms with Crippen LogP contribution in [0.15, 0.2) is 48.5 Å². The molecule has 0 saturated carbocycles. The minimum atomic E-state index is -0.0834. The first-order valence-electron chi connectivity index (χ1n) is 9.71. The third-order valence-electron chi connectivity index (χ3n) is 5.56. The Kier molecular flexibility index (Phi) is 4.79. The number of carbonyl (C=O) groups excluding carboxylic acids is 1. The molecule has 0 radical (unpaired) electrons. The van der Waals surface area contributed by atoms with Gasteiger partial charge in [0.05, 0.1) is 5.92 Å². The highest BCUT2D eigenvalue weighted by molar-refractivity contribution is 5.86. The van der Waals surface area contributed by atoms with Crippen molar-refractivity contribution in [1.82, 2.24) is 10.3 Å². The molecule has 26 heavy (non-hydrogen) atoms. The smallest absolute Gasteiger partial charge is 0.227 e. The lowest BCUT2D eigenvalue weighted by molar-refractivity contribution is -0.122. The Labute approximate surface area is 154 Å². The summed E-state index contributed by atoms with van der Waals surface area (Å²) in [4.78, 5) is 16.2. The average Bonchev–Trinajstić information content (AvgIpc) is 3.06. The summed E-state index contributed by atoms with van der Waals surface area (Å²) in [6.45, 7) is 2.65. The van der Waals surface area contributed by atoms with Gasteiger partial charge in [0.1, 0.15) is 0 Å². The molecule has 1 unspecified atom stereocenters. The molecule has 2 N–H and O–H groups in total. The number of H-pyrrole nitrogens is 1. The zero-order valence-corrected chi connectivity index (χ0v) is 15.3. The van der Waals surface area contributed by atoms with Gasteiger partial charge in [-0.1, -0.05) is 43.3 Å². The van der Waals surface area contributed by atoms with Crippen LogP contribution >= 0.6 is 0 Å². The number of aryl methyl sites for hydroxylation is 2. The Balaban J connectivity index is 1.49. The monoisotopic (exact) mass is 346 g/mol. The second-order valence-electron chi connectivity index (χ2n) is 7.26. The van der Waals surface area contributed by atoms with Crippen molar-refractivity contribution in [1.29, 1.82) is 0 Å². The minimum absolute atomic E-state index is 0.0834. The second-order valence-corrected chi connectivity index (χ2v) is 7.26. The molecule has 0 spiro atoms. The Morgan fingerprint density at radius 1 is 1.12 bits per heavy atom. The summed E-state index contributed by atoms with van der Waals surface area (Å²) in [7, 11) is 0. The molecule has 1 atom stereocenters. The molecule has 134 valence electrons. The van der Waals surface area contributed by atoms with E-state index in [1.807, 2.05) is 30.3 Å². The van der Waals surface area contributed by atoms with Gasteiger partial charge in [-0.25, -0.2) is 0 Å². The molecule has 0 fully saturated rings. The predicted octanol–water partition coefficient (Wildman–Crippen LogP) is 4.86. The maximum atomic E-state index is 12.7. The Morgan fingerprint density at radius 3 is 2.73 bits per heavy atom. The van der Waals surface area contributed by atoms with E-state index >= 15 is 0 Å². The number of nitrogens with one attached hydrogen (secondary N) is 2. The number of fused-ring (bicyclic) bond motifs is 3. The quantitative estimate of drug-likeness (QED) is 0.681. The number of hydrogen-bond donors (Lipinski definition) is 2. The lowest BCUT2D eigenvalue weighted by Crippen LogP contribution is -2.28. The standard InChI is InChI=1S/C23H26N2O/c1-2-18(17-8-4-3-5-9-17)23(26)24-15-16-12-13-22-20(14-16)19-10-6-7-11-21(19)25-22/h3-5,8-9,12-14,18,25H,2,6-7,10-11,15H2,1H3,(H,24,26). The molecule has 1 aliphatic rings. The number of carbonyl (C=O) groups is 1. The topological polar surface area (TPSA) is 44.9 Å². The lowest BCUT2D eigenvalue weighted by atomic mass is 9.95. The third kappa shape index (κ3) is 3.26. The number of rotatable bonds is 5. The Hall–Kier alpha value is -2.55. The fourth-order valence-corrected chi connectivity index (χ4v) is 4.13. The fourth-order valence-electron chi connectivity index (χ4n) is 4.13. The molecule has 1 heterocycles. The van der Waals surface area contributed by atoms with Gasteiger partial charge in [0.15, 0.2) is 0 Å². The van der Waals surface area contributed by atoms with Crippen molar-refractivity contribution >= 4 is 16.8 Å². The minimum Gasteiger partial charge on any atom is -0.358 e. The van der Waals surface area contributed by atoms with E-state index < -0.39 is 0 Å². The van der Waals surface area contributed by atoms with E-state index in [4.69, 9.17) is 0 Å². The van der Waals surface area contributed by atoms with E-state index in [1.54, 1.807) is 0 Å². The molecule has 1 amide bonds. The Bertz CT molecular complexity index is 911. The van der Waals surface area contributed by atoms with E-state index in [0.29, 0.717) is 6.54 Å². The van der Waals surface area contributed by atoms with Gasteiger partial charge in [0.2, 0.25) is 5.91 Å². The van der Waals surface area contributed by atoms with E-state index in [2.05, 4.69) is 35.4 Å². The van der Waals surface area contributed by atoms with Crippen LogP contribution in [0, 0.1) is 0 Å². The zero-order valence-electron chi connectivity index (χ0n) is 15.3. The summed E-state index contributed by atoms with van der Waals surface area (Å²) in [6, 6.07) is 16.6. The maximum absolute atomic E-state index is 12.7. The van der Waals surface area contributed by atoms with Gasteiger partial charge in [-0.3, -0.25) is 4.79 Å². The van der Waals surface area contributed by atoms with Crippen LogP contribution in [0.4, 0.5) is 0 Å². The van der Waals surface area contributed by atoms with Crippen LogP contribution in [0.1, 0.15) is 54.5 Å². The number of hydrogen-bond acceptors (Lipinski definition) is 1. The maximum Gasteiger partial charge on any atom is 0.227 e. The molecule has 3 nitrogen and oxygen atoms in total. The van der Waals surface area contributed by atoms with Crippen LogP contribution in [0.5, 0.6) is 0 Å². The molecule has 2 aromatic carbocycles. The highest BCUT2D eigenvalue weighted by atomic mass is 16.1. The van der Waals surface area contributed by atoms with E-state index in [1.165, 1.54) is 40.6 Å². The molecule has 3 aromatic rings. The van der Waals surface area contributed by atoms with Gasteiger partial charge < -0.3 is 10.3 Å². The number of aromatic amines is 1. The van der Waals surface area contributed by atoms with Gasteiger partial charge in [0, 0.05) is 23.1 Å². The Morgan fingerprint density at radius 2 is 1.92 bits per heavy atom. The van der Waals surface area contributed by atoms with Gasteiger partial charge in [-0.2, -0.15) is 0 Å². The highest BCUT2D eigenvalue weighted by Crippen LogP contribution is 2.29. The molecule has 4 rings (SSSR count). The lowest BCUT2D eigenvalue weighted by Gasteiger charge is -2.15. The van der Waals surface area contributed by atoms with Crippen molar-refractivity contribution < 1.29 is 4.79 Å². The van der Waals surface area contributed by atoms with Gasteiger partial charge >= 0.3 is 0 Å². The van der Waals surface area contributed by atoms with Crippen LogP contribution < -0.4 is 5.32 Å². The van der Waals surface area contributed by atoms with Crippen molar-refractivity contribution in [3.63, 3.8) is 0 Å². The molecular formula is C23H26N2O.